The van der Waals surface area contributed by atoms with E-state index in [2.05, 4.69) is 20.8 Å². The minimum absolute atomic E-state index is 0.649. The fourth-order valence-electron chi connectivity index (χ4n) is 2.75. The maximum absolute atomic E-state index is 4.87. The summed E-state index contributed by atoms with van der Waals surface area (Å²) >= 11 is 0. The van der Waals surface area contributed by atoms with E-state index >= 15 is 0 Å². The van der Waals surface area contributed by atoms with Crippen LogP contribution in [0.15, 0.2) is 0 Å². The summed E-state index contributed by atoms with van der Waals surface area (Å²) in [4.78, 5) is 0. The van der Waals surface area contributed by atoms with Gasteiger partial charge < -0.3 is 0 Å². The number of unbranched alkanes of at least 4 members (excludes halogenated alkanes) is 10. The monoisotopic (exact) mass is 282 g/mol. The van der Waals surface area contributed by atoms with Gasteiger partial charge >= 0.3 is 0 Å². The van der Waals surface area contributed by atoms with Crippen molar-refractivity contribution in [2.24, 2.45) is 0 Å². The smallest absolute Gasteiger partial charge is 0.0243 e. The molecule has 0 N–H and O–H groups in total. The third-order valence-electron chi connectivity index (χ3n) is 4.26. The molecular weight excluding hydrogens is 242 g/mol. The van der Waals surface area contributed by atoms with Crippen molar-refractivity contribution >= 4 is 0 Å². The molecule has 0 amide bonds. The van der Waals surface area contributed by atoms with E-state index in [1.807, 2.05) is 0 Å². The van der Waals surface area contributed by atoms with Crippen LogP contribution >= 0.6 is 0 Å². The molecule has 0 fully saturated rings. The lowest BCUT2D eigenvalue weighted by atomic mass is 10.1. The highest BCUT2D eigenvalue weighted by Gasteiger charge is 2.05. The zero-order valence-corrected chi connectivity index (χ0v) is 14.6. The van der Waals surface area contributed by atoms with Crippen molar-refractivity contribution in [2.45, 2.75) is 117 Å². The Hall–Kier alpha value is -0.0400. The first-order valence-electron chi connectivity index (χ1n) is 9.51. The molecule has 0 aromatic rings. The predicted molar refractivity (Wildman–Crippen MR) is 92.4 cm³/mol. The fraction of sp³-hybridized carbons (Fsp3) is 1.00. The minimum Gasteiger partial charge on any atom is -0.238 e. The summed E-state index contributed by atoms with van der Waals surface area (Å²) in [5, 5.41) is 4.87. The van der Waals surface area contributed by atoms with Crippen molar-refractivity contribution < 1.29 is 0 Å². The van der Waals surface area contributed by atoms with Crippen LogP contribution in [0, 0.1) is 0 Å². The third kappa shape index (κ3) is 14.4. The molecule has 1 atom stereocenters. The summed E-state index contributed by atoms with van der Waals surface area (Å²) in [5.74, 6) is 0. The van der Waals surface area contributed by atoms with Crippen molar-refractivity contribution in [3.05, 3.63) is 0 Å². The van der Waals surface area contributed by atoms with Crippen LogP contribution in [0.25, 0.3) is 0 Å². The van der Waals surface area contributed by atoms with E-state index in [4.69, 9.17) is 5.32 Å². The molecule has 0 saturated carbocycles. The van der Waals surface area contributed by atoms with E-state index in [1.54, 1.807) is 0 Å². The van der Waals surface area contributed by atoms with Crippen molar-refractivity contribution in [3.63, 3.8) is 0 Å². The van der Waals surface area contributed by atoms with Crippen LogP contribution in [0.3, 0.4) is 0 Å². The van der Waals surface area contributed by atoms with Crippen LogP contribution in [0.2, 0.25) is 0 Å². The molecule has 121 valence electrons. The Kier molecular flexibility index (Phi) is 17.0. The lowest BCUT2D eigenvalue weighted by molar-refractivity contribution is 0.429. The lowest BCUT2D eigenvalue weighted by Crippen LogP contribution is -2.22. The molecule has 1 nitrogen and oxygen atoms in total. The molecule has 0 spiro atoms. The first-order valence-corrected chi connectivity index (χ1v) is 9.51. The van der Waals surface area contributed by atoms with Crippen molar-refractivity contribution in [1.29, 1.82) is 0 Å². The van der Waals surface area contributed by atoms with E-state index < -0.39 is 0 Å². The maximum atomic E-state index is 4.87. The minimum atomic E-state index is 0.649. The van der Waals surface area contributed by atoms with Crippen molar-refractivity contribution in [1.82, 2.24) is 5.32 Å². The Morgan fingerprint density at radius 2 is 1.10 bits per heavy atom. The summed E-state index contributed by atoms with van der Waals surface area (Å²) in [7, 11) is 0. The van der Waals surface area contributed by atoms with Crippen LogP contribution in [-0.4, -0.2) is 12.6 Å². The zero-order valence-electron chi connectivity index (χ0n) is 14.6. The highest BCUT2D eigenvalue weighted by Crippen LogP contribution is 2.10. The average molecular weight is 283 g/mol. The molecule has 1 radical (unpaired) electrons. The van der Waals surface area contributed by atoms with Gasteiger partial charge in [0.1, 0.15) is 0 Å². The Labute approximate surface area is 129 Å². The van der Waals surface area contributed by atoms with Gasteiger partial charge in [0, 0.05) is 12.6 Å². The number of nitrogens with zero attached hydrogens (tertiary/aromatic N) is 1. The van der Waals surface area contributed by atoms with Gasteiger partial charge in [-0.25, -0.2) is 5.32 Å². The maximum Gasteiger partial charge on any atom is 0.0243 e. The van der Waals surface area contributed by atoms with E-state index in [-0.39, 0.29) is 0 Å². The Balaban J connectivity index is 3.20. The second-order valence-electron chi connectivity index (χ2n) is 6.29. The molecule has 0 aliphatic carbocycles. The molecule has 0 saturated heterocycles. The van der Waals surface area contributed by atoms with Gasteiger partial charge in [-0.05, 0) is 19.3 Å². The molecule has 1 heteroatoms. The van der Waals surface area contributed by atoms with Crippen molar-refractivity contribution in [2.75, 3.05) is 6.54 Å². The third-order valence-corrected chi connectivity index (χ3v) is 4.26. The first kappa shape index (κ1) is 20.0. The molecule has 0 aliphatic rings. The first-order chi connectivity index (χ1) is 9.85. The summed E-state index contributed by atoms with van der Waals surface area (Å²) in [5.41, 5.74) is 0. The highest BCUT2D eigenvalue weighted by atomic mass is 14.9. The van der Waals surface area contributed by atoms with Gasteiger partial charge in [-0.1, -0.05) is 91.4 Å². The van der Waals surface area contributed by atoms with Gasteiger partial charge in [0.25, 0.3) is 0 Å². The molecule has 0 rings (SSSR count). The number of hydrogen-bond acceptors (Lipinski definition) is 0. The molecule has 1 unspecified atom stereocenters. The normalized spacial score (nSPS) is 12.8. The average Bonchev–Trinajstić information content (AvgIpc) is 2.47. The number of hydrogen-bond donors (Lipinski definition) is 0. The summed E-state index contributed by atoms with van der Waals surface area (Å²) < 4.78 is 0. The molecular formula is C19H40N. The van der Waals surface area contributed by atoms with E-state index in [0.717, 1.165) is 6.54 Å². The molecule has 0 aromatic heterocycles. The van der Waals surface area contributed by atoms with Gasteiger partial charge in [0.2, 0.25) is 0 Å². The summed E-state index contributed by atoms with van der Waals surface area (Å²) in [6, 6.07) is 0.649. The van der Waals surface area contributed by atoms with Crippen LogP contribution in [0.1, 0.15) is 111 Å². The molecule has 0 aromatic carbocycles. The quantitative estimate of drug-likeness (QED) is 0.288. The van der Waals surface area contributed by atoms with Gasteiger partial charge in [0.05, 0.1) is 0 Å². The summed E-state index contributed by atoms with van der Waals surface area (Å²) in [6.45, 7) is 7.96. The Morgan fingerprint density at radius 1 is 0.600 bits per heavy atom. The molecule has 0 heterocycles. The largest absolute Gasteiger partial charge is 0.238 e. The van der Waals surface area contributed by atoms with Gasteiger partial charge in [0.15, 0.2) is 0 Å². The summed E-state index contributed by atoms with van der Waals surface area (Å²) in [6.07, 6.45) is 19.3. The standard InChI is InChI=1S/C19H40N/c1-4-7-9-10-11-12-13-14-16-18-20-19(6-3)17-15-8-5-2/h19H,4-18H2,1-3H3. The van der Waals surface area contributed by atoms with Crippen LogP contribution < -0.4 is 5.32 Å². The van der Waals surface area contributed by atoms with Crippen molar-refractivity contribution in [3.8, 4) is 0 Å². The van der Waals surface area contributed by atoms with Gasteiger partial charge in [-0.2, -0.15) is 0 Å². The predicted octanol–water partition coefficient (Wildman–Crippen LogP) is 6.48. The van der Waals surface area contributed by atoms with Crippen LogP contribution in [0.5, 0.6) is 0 Å². The fourth-order valence-corrected chi connectivity index (χ4v) is 2.75. The second-order valence-corrected chi connectivity index (χ2v) is 6.29. The molecule has 0 aliphatic heterocycles. The van der Waals surface area contributed by atoms with Crippen LogP contribution in [0.4, 0.5) is 0 Å². The highest BCUT2D eigenvalue weighted by molar-refractivity contribution is 4.64. The van der Waals surface area contributed by atoms with Crippen LogP contribution in [-0.2, 0) is 0 Å². The molecule has 20 heavy (non-hydrogen) atoms. The number of rotatable bonds is 16. The Morgan fingerprint density at radius 3 is 1.65 bits per heavy atom. The topological polar surface area (TPSA) is 14.1 Å². The Bertz CT molecular complexity index is 167. The lowest BCUT2D eigenvalue weighted by Gasteiger charge is -2.14. The zero-order chi connectivity index (χ0) is 14.9. The van der Waals surface area contributed by atoms with E-state index in [9.17, 15) is 0 Å². The van der Waals surface area contributed by atoms with Gasteiger partial charge in [-0.3, -0.25) is 0 Å². The SMILES string of the molecule is CCCCCCCCCCC[N]C(CC)CCCCC. The molecule has 0 bridgehead atoms. The second kappa shape index (κ2) is 17.0. The van der Waals surface area contributed by atoms with E-state index in [1.165, 1.54) is 89.9 Å². The van der Waals surface area contributed by atoms with Gasteiger partial charge in [-0.15, -0.1) is 0 Å². The van der Waals surface area contributed by atoms with E-state index in [0.29, 0.717) is 6.04 Å².